The molecule has 0 aliphatic carbocycles. The number of carbonyl (C=O) groups is 1. The Hall–Kier alpha value is -1.46. The van der Waals surface area contributed by atoms with E-state index in [1.54, 1.807) is 11.0 Å². The lowest BCUT2D eigenvalue weighted by atomic mass is 10.0. The number of carboxylic acid groups (broad SMARTS) is 1. The number of hydrogen-bond donors (Lipinski definition) is 3. The third-order valence-electron chi connectivity index (χ3n) is 3.71. The van der Waals surface area contributed by atoms with Gasteiger partial charge >= 0.3 is 5.97 Å². The second-order valence-electron chi connectivity index (χ2n) is 4.97. The molecule has 0 spiro atoms. The fourth-order valence-corrected chi connectivity index (χ4v) is 3.01. The maximum absolute atomic E-state index is 11.5. The Bertz CT molecular complexity index is 506. The van der Waals surface area contributed by atoms with Crippen molar-refractivity contribution in [2.45, 2.75) is 25.1 Å². The van der Waals surface area contributed by atoms with Gasteiger partial charge in [0, 0.05) is 18.0 Å². The monoisotopic (exact) mass is 293 g/mol. The minimum absolute atomic E-state index is 0.149. The zero-order chi connectivity index (χ0) is 14.7. The first-order valence-electron chi connectivity index (χ1n) is 6.59. The summed E-state index contributed by atoms with van der Waals surface area (Å²) in [7, 11) is 0. The molecule has 1 aromatic carbocycles. The zero-order valence-corrected chi connectivity index (χ0v) is 12.0. The highest BCUT2D eigenvalue weighted by Crippen LogP contribution is 2.35. The van der Waals surface area contributed by atoms with Crippen molar-refractivity contribution in [3.05, 3.63) is 42.5 Å². The minimum Gasteiger partial charge on any atom is -0.480 e. The Labute approximate surface area is 124 Å². The zero-order valence-electron chi connectivity index (χ0n) is 11.1. The van der Waals surface area contributed by atoms with Crippen molar-refractivity contribution in [3.8, 4) is 0 Å². The molecule has 0 aromatic heterocycles. The number of benzene rings is 1. The first-order valence-corrected chi connectivity index (χ1v) is 7.22. The number of anilines is 1. The van der Waals surface area contributed by atoms with Gasteiger partial charge in [0.1, 0.15) is 12.3 Å². The molecule has 2 N–H and O–H groups in total. The number of hydrogen-bond acceptors (Lipinski definition) is 4. The fraction of sp³-hybridized carbons (Fsp3) is 0.400. The first-order chi connectivity index (χ1) is 9.60. The van der Waals surface area contributed by atoms with Crippen LogP contribution in [0.2, 0.25) is 0 Å². The number of aliphatic carboxylic acids is 1. The smallest absolute Gasteiger partial charge is 0.326 e. The van der Waals surface area contributed by atoms with Crippen LogP contribution in [0.15, 0.2) is 36.9 Å². The van der Waals surface area contributed by atoms with Gasteiger partial charge in [-0.2, -0.15) is 12.6 Å². The number of aliphatic hydroxyl groups is 1. The van der Waals surface area contributed by atoms with E-state index in [0.717, 1.165) is 11.3 Å². The van der Waals surface area contributed by atoms with Crippen LogP contribution in [0.3, 0.4) is 0 Å². The van der Waals surface area contributed by atoms with Gasteiger partial charge in [0.2, 0.25) is 0 Å². The van der Waals surface area contributed by atoms with Crippen LogP contribution in [-0.2, 0) is 11.2 Å². The van der Waals surface area contributed by atoms with Gasteiger partial charge in [0.15, 0.2) is 0 Å². The molecule has 0 saturated carbocycles. The van der Waals surface area contributed by atoms with Crippen LogP contribution in [0.4, 0.5) is 5.69 Å². The van der Waals surface area contributed by atoms with E-state index in [2.05, 4.69) is 19.2 Å². The lowest BCUT2D eigenvalue weighted by Gasteiger charge is -2.34. The van der Waals surface area contributed by atoms with Crippen LogP contribution in [0.25, 0.3) is 0 Å². The van der Waals surface area contributed by atoms with Gasteiger partial charge in [-0.05, 0) is 23.8 Å². The molecular weight excluding hydrogens is 274 g/mol. The lowest BCUT2D eigenvalue weighted by Crippen LogP contribution is -2.49. The van der Waals surface area contributed by atoms with E-state index >= 15 is 0 Å². The highest BCUT2D eigenvalue weighted by atomic mass is 32.1. The van der Waals surface area contributed by atoms with E-state index in [1.165, 1.54) is 0 Å². The number of fused-ring (bicyclic) bond motifs is 1. The summed E-state index contributed by atoms with van der Waals surface area (Å²) >= 11 is 4.25. The quantitative estimate of drug-likeness (QED) is 0.554. The highest BCUT2D eigenvalue weighted by Gasteiger charge is 2.39. The van der Waals surface area contributed by atoms with Gasteiger partial charge in [0.25, 0.3) is 0 Å². The van der Waals surface area contributed by atoms with Crippen LogP contribution >= 0.6 is 12.6 Å². The molecule has 2 rings (SSSR count). The summed E-state index contributed by atoms with van der Waals surface area (Å²) in [5, 5.41) is 20.0. The van der Waals surface area contributed by atoms with Crippen molar-refractivity contribution in [1.82, 2.24) is 0 Å². The Morgan fingerprint density at radius 3 is 2.85 bits per heavy atom. The van der Waals surface area contributed by atoms with Gasteiger partial charge in [-0.1, -0.05) is 24.3 Å². The van der Waals surface area contributed by atoms with Gasteiger partial charge < -0.3 is 15.1 Å². The molecule has 1 aliphatic heterocycles. The Morgan fingerprint density at radius 2 is 2.25 bits per heavy atom. The van der Waals surface area contributed by atoms with Crippen LogP contribution in [-0.4, -0.2) is 34.2 Å². The summed E-state index contributed by atoms with van der Waals surface area (Å²) in [6, 6.07) is 6.76. The first kappa shape index (κ1) is 14.9. The van der Waals surface area contributed by atoms with E-state index in [-0.39, 0.29) is 5.92 Å². The number of carboxylic acids is 1. The SMILES string of the molecule is C=CCC(CS)C(O)N1c2ccccc2CC1C(=O)O. The Kier molecular flexibility index (Phi) is 4.73. The predicted octanol–water partition coefficient (Wildman–Crippen LogP) is 1.94. The molecule has 1 aromatic rings. The lowest BCUT2D eigenvalue weighted by molar-refractivity contribution is -0.139. The third-order valence-corrected chi connectivity index (χ3v) is 4.18. The van der Waals surface area contributed by atoms with E-state index < -0.39 is 18.2 Å². The van der Waals surface area contributed by atoms with Crippen LogP contribution in [0.1, 0.15) is 12.0 Å². The maximum Gasteiger partial charge on any atom is 0.326 e. The normalized spacial score (nSPS) is 20.3. The molecule has 0 saturated heterocycles. The largest absolute Gasteiger partial charge is 0.480 e. The molecule has 5 heteroatoms. The summed E-state index contributed by atoms with van der Waals surface area (Å²) in [4.78, 5) is 13.1. The van der Waals surface area contributed by atoms with Crippen molar-refractivity contribution in [2.75, 3.05) is 10.7 Å². The van der Waals surface area contributed by atoms with Gasteiger partial charge in [-0.3, -0.25) is 0 Å². The molecule has 1 aliphatic rings. The molecule has 20 heavy (non-hydrogen) atoms. The van der Waals surface area contributed by atoms with E-state index in [9.17, 15) is 15.0 Å². The standard InChI is InChI=1S/C15H19NO3S/c1-2-5-11(9-20)14(17)16-12-7-4-3-6-10(12)8-13(16)15(18)19/h2-4,6-7,11,13-14,17,20H,1,5,8-9H2,(H,18,19). The molecular formula is C15H19NO3S. The fourth-order valence-electron chi connectivity index (χ4n) is 2.67. The molecule has 4 nitrogen and oxygen atoms in total. The number of para-hydroxylation sites is 1. The van der Waals surface area contributed by atoms with Crippen molar-refractivity contribution >= 4 is 24.3 Å². The molecule has 3 atom stereocenters. The second-order valence-corrected chi connectivity index (χ2v) is 5.34. The van der Waals surface area contributed by atoms with Crippen LogP contribution in [0.5, 0.6) is 0 Å². The molecule has 0 fully saturated rings. The van der Waals surface area contributed by atoms with E-state index in [0.29, 0.717) is 18.6 Å². The topological polar surface area (TPSA) is 60.8 Å². The summed E-state index contributed by atoms with van der Waals surface area (Å²) in [6.07, 6.45) is 1.85. The number of nitrogens with zero attached hydrogens (tertiary/aromatic N) is 1. The molecule has 0 radical (unpaired) electrons. The molecule has 0 bridgehead atoms. The van der Waals surface area contributed by atoms with Crippen LogP contribution in [0, 0.1) is 5.92 Å². The van der Waals surface area contributed by atoms with E-state index in [1.807, 2.05) is 24.3 Å². The number of aliphatic hydroxyl groups excluding tert-OH is 1. The van der Waals surface area contributed by atoms with Crippen LogP contribution < -0.4 is 4.90 Å². The average Bonchev–Trinajstić information content (AvgIpc) is 2.83. The average molecular weight is 293 g/mol. The maximum atomic E-state index is 11.5. The number of allylic oxidation sites excluding steroid dienone is 1. The number of thiol groups is 1. The summed E-state index contributed by atoms with van der Waals surface area (Å²) < 4.78 is 0. The third kappa shape index (κ3) is 2.69. The molecule has 1 heterocycles. The molecule has 108 valence electrons. The second kappa shape index (κ2) is 6.33. The highest BCUT2D eigenvalue weighted by molar-refractivity contribution is 7.80. The molecule has 3 unspecified atom stereocenters. The van der Waals surface area contributed by atoms with E-state index in [4.69, 9.17) is 0 Å². The van der Waals surface area contributed by atoms with Crippen molar-refractivity contribution < 1.29 is 15.0 Å². The van der Waals surface area contributed by atoms with Crippen molar-refractivity contribution in [1.29, 1.82) is 0 Å². The Morgan fingerprint density at radius 1 is 1.55 bits per heavy atom. The van der Waals surface area contributed by atoms with Crippen molar-refractivity contribution in [3.63, 3.8) is 0 Å². The number of rotatable bonds is 6. The summed E-state index contributed by atoms with van der Waals surface area (Å²) in [5.74, 6) is -0.598. The Balaban J connectivity index is 2.34. The van der Waals surface area contributed by atoms with Gasteiger partial charge in [0.05, 0.1) is 0 Å². The summed E-state index contributed by atoms with van der Waals surface area (Å²) in [6.45, 7) is 3.68. The summed E-state index contributed by atoms with van der Waals surface area (Å²) in [5.41, 5.74) is 1.75. The van der Waals surface area contributed by atoms with Crippen molar-refractivity contribution in [2.24, 2.45) is 5.92 Å². The molecule has 0 amide bonds. The minimum atomic E-state index is -0.920. The van der Waals surface area contributed by atoms with Gasteiger partial charge in [-0.25, -0.2) is 4.79 Å². The predicted molar refractivity (Wildman–Crippen MR) is 82.2 cm³/mol. The van der Waals surface area contributed by atoms with Gasteiger partial charge in [-0.15, -0.1) is 6.58 Å².